The van der Waals surface area contributed by atoms with E-state index in [1.165, 1.54) is 6.07 Å². The van der Waals surface area contributed by atoms with Crippen molar-refractivity contribution >= 4 is 39.1 Å². The standard InChI is InChI=1S/C12H18BrFN2S/c1-8(4-5-17-3)16(2)12-7-10(14)9(13)6-11(12)15/h6-8H,4-5,15H2,1-3H3. The summed E-state index contributed by atoms with van der Waals surface area (Å²) >= 11 is 4.94. The summed E-state index contributed by atoms with van der Waals surface area (Å²) in [7, 11) is 1.95. The molecule has 0 heterocycles. The van der Waals surface area contributed by atoms with Gasteiger partial charge in [-0.3, -0.25) is 0 Å². The van der Waals surface area contributed by atoms with E-state index in [1.807, 2.05) is 23.7 Å². The van der Waals surface area contributed by atoms with E-state index in [1.54, 1.807) is 6.07 Å². The SMILES string of the molecule is CSCCC(C)N(C)c1cc(F)c(Br)cc1N. The van der Waals surface area contributed by atoms with Crippen LogP contribution in [0.25, 0.3) is 0 Å². The number of benzene rings is 1. The molecule has 0 radical (unpaired) electrons. The average Bonchev–Trinajstić information content (AvgIpc) is 2.29. The number of nitrogens with two attached hydrogens (primary N) is 1. The molecule has 1 unspecified atom stereocenters. The van der Waals surface area contributed by atoms with Crippen molar-refractivity contribution in [3.8, 4) is 0 Å². The summed E-state index contributed by atoms with van der Waals surface area (Å²) < 4.78 is 13.9. The first-order valence-electron chi connectivity index (χ1n) is 5.43. The van der Waals surface area contributed by atoms with Gasteiger partial charge < -0.3 is 10.6 Å². The third-order valence-electron chi connectivity index (χ3n) is 2.85. The third kappa shape index (κ3) is 3.78. The Hall–Kier alpha value is -0.420. The second kappa shape index (κ2) is 6.50. The number of rotatable bonds is 5. The second-order valence-corrected chi connectivity index (χ2v) is 5.91. The number of nitrogens with zero attached hydrogens (tertiary/aromatic N) is 1. The summed E-state index contributed by atoms with van der Waals surface area (Å²) in [6.07, 6.45) is 3.13. The Kier molecular flexibility index (Phi) is 5.59. The number of halogens is 2. The van der Waals surface area contributed by atoms with Crippen molar-refractivity contribution in [2.24, 2.45) is 0 Å². The molecular weight excluding hydrogens is 303 g/mol. The molecule has 0 saturated carbocycles. The van der Waals surface area contributed by atoms with E-state index in [9.17, 15) is 4.39 Å². The molecule has 0 aliphatic rings. The van der Waals surface area contributed by atoms with Gasteiger partial charge in [-0.1, -0.05) is 0 Å². The number of anilines is 2. The van der Waals surface area contributed by atoms with Crippen LogP contribution in [-0.4, -0.2) is 25.1 Å². The molecule has 17 heavy (non-hydrogen) atoms. The molecule has 0 aliphatic heterocycles. The van der Waals surface area contributed by atoms with Crippen LogP contribution in [0.1, 0.15) is 13.3 Å². The van der Waals surface area contributed by atoms with Crippen molar-refractivity contribution < 1.29 is 4.39 Å². The van der Waals surface area contributed by atoms with Gasteiger partial charge in [-0.15, -0.1) is 0 Å². The number of nitrogen functional groups attached to an aromatic ring is 1. The van der Waals surface area contributed by atoms with Crippen molar-refractivity contribution in [1.29, 1.82) is 0 Å². The summed E-state index contributed by atoms with van der Waals surface area (Å²) in [5, 5.41) is 0. The molecule has 1 aromatic rings. The predicted octanol–water partition coefficient (Wildman–Crippen LogP) is 3.75. The third-order valence-corrected chi connectivity index (χ3v) is 4.10. The molecule has 0 aromatic heterocycles. The van der Waals surface area contributed by atoms with Gasteiger partial charge in [-0.05, 0) is 47.3 Å². The maximum atomic E-state index is 13.5. The zero-order valence-corrected chi connectivity index (χ0v) is 12.7. The van der Waals surface area contributed by atoms with Crippen LogP contribution in [0.2, 0.25) is 0 Å². The van der Waals surface area contributed by atoms with Crippen LogP contribution >= 0.6 is 27.7 Å². The Bertz CT molecular complexity index is 387. The van der Waals surface area contributed by atoms with E-state index in [0.717, 1.165) is 17.9 Å². The van der Waals surface area contributed by atoms with E-state index >= 15 is 0 Å². The highest BCUT2D eigenvalue weighted by atomic mass is 79.9. The normalized spacial score (nSPS) is 12.5. The van der Waals surface area contributed by atoms with Crippen LogP contribution in [0.3, 0.4) is 0 Å². The zero-order chi connectivity index (χ0) is 13.0. The van der Waals surface area contributed by atoms with Gasteiger partial charge in [0.15, 0.2) is 0 Å². The van der Waals surface area contributed by atoms with Crippen LogP contribution in [0.4, 0.5) is 15.8 Å². The largest absolute Gasteiger partial charge is 0.397 e. The minimum Gasteiger partial charge on any atom is -0.397 e. The minimum absolute atomic E-state index is 0.280. The number of hydrogen-bond donors (Lipinski definition) is 1. The van der Waals surface area contributed by atoms with E-state index in [2.05, 4.69) is 29.1 Å². The van der Waals surface area contributed by atoms with Gasteiger partial charge in [0, 0.05) is 19.2 Å². The maximum Gasteiger partial charge on any atom is 0.139 e. The molecule has 0 amide bonds. The molecule has 0 spiro atoms. The lowest BCUT2D eigenvalue weighted by Gasteiger charge is -2.28. The van der Waals surface area contributed by atoms with E-state index < -0.39 is 0 Å². The van der Waals surface area contributed by atoms with Crippen LogP contribution in [0, 0.1) is 5.82 Å². The van der Waals surface area contributed by atoms with Gasteiger partial charge >= 0.3 is 0 Å². The fourth-order valence-electron chi connectivity index (χ4n) is 1.58. The van der Waals surface area contributed by atoms with Crippen LogP contribution in [0.5, 0.6) is 0 Å². The van der Waals surface area contributed by atoms with Crippen molar-refractivity contribution in [3.05, 3.63) is 22.4 Å². The molecule has 0 saturated heterocycles. The van der Waals surface area contributed by atoms with Gasteiger partial charge in [0.1, 0.15) is 5.82 Å². The fraction of sp³-hybridized carbons (Fsp3) is 0.500. The highest BCUT2D eigenvalue weighted by Gasteiger charge is 2.14. The topological polar surface area (TPSA) is 29.3 Å². The van der Waals surface area contributed by atoms with Crippen LogP contribution in [0.15, 0.2) is 16.6 Å². The van der Waals surface area contributed by atoms with Crippen LogP contribution in [-0.2, 0) is 0 Å². The molecule has 0 aliphatic carbocycles. The van der Waals surface area contributed by atoms with E-state index in [4.69, 9.17) is 5.73 Å². The van der Waals surface area contributed by atoms with E-state index in [-0.39, 0.29) is 5.82 Å². The predicted molar refractivity (Wildman–Crippen MR) is 79.4 cm³/mol. The molecule has 1 atom stereocenters. The maximum absolute atomic E-state index is 13.5. The Labute approximate surface area is 115 Å². The minimum atomic E-state index is -0.280. The summed E-state index contributed by atoms with van der Waals surface area (Å²) in [6.45, 7) is 2.12. The zero-order valence-electron chi connectivity index (χ0n) is 10.3. The lowest BCUT2D eigenvalue weighted by Crippen LogP contribution is -2.30. The van der Waals surface area contributed by atoms with Crippen molar-refractivity contribution in [2.75, 3.05) is 29.7 Å². The molecular formula is C12H18BrFN2S. The highest BCUT2D eigenvalue weighted by Crippen LogP contribution is 2.30. The Morgan fingerprint density at radius 3 is 2.76 bits per heavy atom. The van der Waals surface area contributed by atoms with Crippen LogP contribution < -0.4 is 10.6 Å². The first kappa shape index (κ1) is 14.6. The van der Waals surface area contributed by atoms with Gasteiger partial charge in [0.05, 0.1) is 15.8 Å². The Morgan fingerprint density at radius 1 is 1.53 bits per heavy atom. The molecule has 1 rings (SSSR count). The molecule has 0 bridgehead atoms. The summed E-state index contributed by atoms with van der Waals surface area (Å²) in [5.41, 5.74) is 7.26. The van der Waals surface area contributed by atoms with Gasteiger partial charge in [0.2, 0.25) is 0 Å². The fourth-order valence-corrected chi connectivity index (χ4v) is 2.51. The van der Waals surface area contributed by atoms with E-state index in [0.29, 0.717) is 16.2 Å². The Morgan fingerprint density at radius 2 is 2.18 bits per heavy atom. The molecule has 5 heteroatoms. The first-order chi connectivity index (χ1) is 7.97. The van der Waals surface area contributed by atoms with Crippen molar-refractivity contribution in [2.45, 2.75) is 19.4 Å². The number of hydrogen-bond acceptors (Lipinski definition) is 3. The quantitative estimate of drug-likeness (QED) is 0.838. The summed E-state index contributed by atoms with van der Waals surface area (Å²) in [5.74, 6) is 0.808. The molecule has 0 fully saturated rings. The highest BCUT2D eigenvalue weighted by molar-refractivity contribution is 9.10. The molecule has 2 N–H and O–H groups in total. The van der Waals surface area contributed by atoms with Gasteiger partial charge in [-0.2, -0.15) is 11.8 Å². The summed E-state index contributed by atoms with van der Waals surface area (Å²) in [6, 6.07) is 3.43. The Balaban J connectivity index is 2.88. The smallest absolute Gasteiger partial charge is 0.139 e. The van der Waals surface area contributed by atoms with Gasteiger partial charge in [0.25, 0.3) is 0 Å². The van der Waals surface area contributed by atoms with Gasteiger partial charge in [-0.25, -0.2) is 4.39 Å². The number of thioether (sulfide) groups is 1. The lowest BCUT2D eigenvalue weighted by atomic mass is 10.2. The summed E-state index contributed by atoms with van der Waals surface area (Å²) in [4.78, 5) is 2.03. The molecule has 2 nitrogen and oxygen atoms in total. The van der Waals surface area contributed by atoms with Crippen molar-refractivity contribution in [1.82, 2.24) is 0 Å². The lowest BCUT2D eigenvalue weighted by molar-refractivity contribution is 0.616. The molecule has 96 valence electrons. The monoisotopic (exact) mass is 320 g/mol. The average molecular weight is 321 g/mol. The second-order valence-electron chi connectivity index (χ2n) is 4.07. The van der Waals surface area contributed by atoms with Crippen molar-refractivity contribution in [3.63, 3.8) is 0 Å². The molecule has 1 aromatic carbocycles. The first-order valence-corrected chi connectivity index (χ1v) is 7.62.